The van der Waals surface area contributed by atoms with Crippen LogP contribution in [0.15, 0.2) is 36.7 Å². The summed E-state index contributed by atoms with van der Waals surface area (Å²) in [5.41, 5.74) is 0.639. The number of alkyl halides is 3. The minimum absolute atomic E-state index is 0.148. The fourth-order valence-corrected chi connectivity index (χ4v) is 5.29. The van der Waals surface area contributed by atoms with E-state index in [4.69, 9.17) is 4.74 Å². The van der Waals surface area contributed by atoms with E-state index in [9.17, 15) is 23.1 Å². The summed E-state index contributed by atoms with van der Waals surface area (Å²) in [7, 11) is 1.62. The van der Waals surface area contributed by atoms with Gasteiger partial charge in [-0.2, -0.15) is 13.2 Å². The molecule has 0 spiro atoms. The predicted molar refractivity (Wildman–Crippen MR) is 121 cm³/mol. The Labute approximate surface area is 198 Å². The molecule has 1 fully saturated rings. The number of hydrogen-bond donors (Lipinski definition) is 2. The molecule has 11 heteroatoms. The van der Waals surface area contributed by atoms with Crippen molar-refractivity contribution in [1.29, 1.82) is 0 Å². The molecule has 0 aliphatic heterocycles. The normalized spacial score (nSPS) is 20.8. The minimum atomic E-state index is -4.56. The van der Waals surface area contributed by atoms with Gasteiger partial charge < -0.3 is 15.2 Å². The average molecular weight is 493 g/mol. The second-order valence-electron chi connectivity index (χ2n) is 8.32. The van der Waals surface area contributed by atoms with Crippen LogP contribution < -0.4 is 5.32 Å². The number of hydrogen-bond acceptors (Lipinski definition) is 7. The zero-order chi connectivity index (χ0) is 24.5. The lowest BCUT2D eigenvalue weighted by Crippen LogP contribution is -2.35. The fraction of sp³-hybridized carbons (Fsp3) is 0.391. The van der Waals surface area contributed by atoms with Crippen molar-refractivity contribution in [3.63, 3.8) is 0 Å². The molecular weight excluding hydrogens is 469 g/mol. The molecule has 0 amide bonds. The molecule has 4 rings (SSSR count). The van der Waals surface area contributed by atoms with Gasteiger partial charge in [0.25, 0.3) is 0 Å². The highest BCUT2D eigenvalue weighted by Crippen LogP contribution is 2.45. The first-order valence-corrected chi connectivity index (χ1v) is 11.4. The van der Waals surface area contributed by atoms with Crippen LogP contribution in [-0.2, 0) is 21.3 Å². The maximum absolute atomic E-state index is 13.0. The largest absolute Gasteiger partial charge is 0.481 e. The van der Waals surface area contributed by atoms with Crippen LogP contribution in [0.4, 0.5) is 24.8 Å². The molecule has 3 aromatic rings. The van der Waals surface area contributed by atoms with Gasteiger partial charge >= 0.3 is 12.1 Å². The number of anilines is 2. The quantitative estimate of drug-likeness (QED) is 0.450. The van der Waals surface area contributed by atoms with Gasteiger partial charge in [-0.15, -0.1) is 11.3 Å². The number of aryl methyl sites for hydroxylation is 1. The second-order valence-corrected chi connectivity index (χ2v) is 9.35. The van der Waals surface area contributed by atoms with Crippen molar-refractivity contribution < 1.29 is 27.8 Å². The number of carboxylic acid groups (broad SMARTS) is 1. The number of nitrogens with one attached hydrogen (secondary N) is 1. The number of aliphatic carboxylic acids is 1. The Kier molecular flexibility index (Phi) is 6.59. The minimum Gasteiger partial charge on any atom is -0.481 e. The van der Waals surface area contributed by atoms with E-state index in [1.54, 1.807) is 25.4 Å². The Balaban J connectivity index is 1.58. The summed E-state index contributed by atoms with van der Waals surface area (Å²) in [5, 5.41) is 12.9. The van der Waals surface area contributed by atoms with Gasteiger partial charge in [0.1, 0.15) is 16.3 Å². The first-order valence-electron chi connectivity index (χ1n) is 10.6. The number of carboxylic acids is 1. The van der Waals surface area contributed by atoms with E-state index in [-0.39, 0.29) is 11.9 Å². The fourth-order valence-electron chi connectivity index (χ4n) is 4.16. The van der Waals surface area contributed by atoms with Gasteiger partial charge in [0.2, 0.25) is 5.95 Å². The molecule has 7 nitrogen and oxygen atoms in total. The van der Waals surface area contributed by atoms with Gasteiger partial charge in [-0.1, -0.05) is 6.07 Å². The molecule has 0 atom stereocenters. The van der Waals surface area contributed by atoms with E-state index < -0.39 is 23.4 Å². The lowest BCUT2D eigenvalue weighted by molar-refractivity contribution is -0.146. The van der Waals surface area contributed by atoms with Crippen LogP contribution >= 0.6 is 11.3 Å². The number of rotatable bonds is 6. The number of thiazole rings is 1. The lowest BCUT2D eigenvalue weighted by atomic mass is 9.79. The van der Waals surface area contributed by atoms with Crippen molar-refractivity contribution in [2.24, 2.45) is 5.92 Å². The Bertz CT molecular complexity index is 1190. The maximum atomic E-state index is 13.0. The van der Waals surface area contributed by atoms with E-state index in [1.807, 2.05) is 13.0 Å². The highest BCUT2D eigenvalue weighted by molar-refractivity contribution is 7.15. The molecule has 2 heterocycles. The number of halogens is 3. The van der Waals surface area contributed by atoms with Crippen LogP contribution in [0.2, 0.25) is 0 Å². The molecule has 0 bridgehead atoms. The van der Waals surface area contributed by atoms with E-state index >= 15 is 0 Å². The molecule has 1 aromatic carbocycles. The van der Waals surface area contributed by atoms with Gasteiger partial charge in [-0.25, -0.2) is 15.0 Å². The Morgan fingerprint density at radius 3 is 2.62 bits per heavy atom. The van der Waals surface area contributed by atoms with Gasteiger partial charge in [0.15, 0.2) is 0 Å². The van der Waals surface area contributed by atoms with Crippen LogP contribution in [-0.4, -0.2) is 33.1 Å². The summed E-state index contributed by atoms with van der Waals surface area (Å²) in [6.07, 6.45) is 0.428. The summed E-state index contributed by atoms with van der Waals surface area (Å²) < 4.78 is 44.8. The third-order valence-corrected chi connectivity index (χ3v) is 7.22. The Hall–Kier alpha value is -3.05. The average Bonchev–Trinajstić information content (AvgIpc) is 3.29. The number of aromatic nitrogens is 3. The van der Waals surface area contributed by atoms with Crippen molar-refractivity contribution in [2.45, 2.75) is 44.4 Å². The van der Waals surface area contributed by atoms with E-state index in [0.29, 0.717) is 31.4 Å². The van der Waals surface area contributed by atoms with Gasteiger partial charge in [-0.05, 0) is 61.9 Å². The third kappa shape index (κ3) is 5.05. The Morgan fingerprint density at radius 2 is 1.97 bits per heavy atom. The number of methoxy groups -OCH3 is 1. The summed E-state index contributed by atoms with van der Waals surface area (Å²) in [6, 6.07) is 6.37. The van der Waals surface area contributed by atoms with Crippen molar-refractivity contribution >= 4 is 28.9 Å². The smallest absolute Gasteiger partial charge is 0.433 e. The van der Waals surface area contributed by atoms with Crippen LogP contribution in [0.3, 0.4) is 0 Å². The second kappa shape index (κ2) is 9.30. The van der Waals surface area contributed by atoms with Crippen LogP contribution in [0.25, 0.3) is 10.4 Å². The summed E-state index contributed by atoms with van der Waals surface area (Å²) in [5.74, 6) is -1.30. The number of carbonyl (C=O) groups is 1. The molecule has 0 saturated heterocycles. The summed E-state index contributed by atoms with van der Waals surface area (Å²) in [4.78, 5) is 24.2. The molecule has 0 unspecified atom stereocenters. The van der Waals surface area contributed by atoms with Crippen LogP contribution in [0.1, 0.15) is 41.9 Å². The predicted octanol–water partition coefficient (Wildman–Crippen LogP) is 5.79. The van der Waals surface area contributed by atoms with Gasteiger partial charge in [0.05, 0.1) is 10.8 Å². The number of nitrogens with zero attached hydrogens (tertiary/aromatic N) is 3. The molecule has 0 radical (unpaired) electrons. The summed E-state index contributed by atoms with van der Waals surface area (Å²) >= 11 is 1.46. The topological polar surface area (TPSA) is 97.2 Å². The van der Waals surface area contributed by atoms with Crippen molar-refractivity contribution in [1.82, 2.24) is 15.0 Å². The molecule has 2 aromatic heterocycles. The molecular formula is C23H23F3N4O3S. The van der Waals surface area contributed by atoms with E-state index in [2.05, 4.69) is 20.3 Å². The molecule has 34 heavy (non-hydrogen) atoms. The van der Waals surface area contributed by atoms with Crippen LogP contribution in [0, 0.1) is 12.8 Å². The monoisotopic (exact) mass is 492 g/mol. The molecule has 180 valence electrons. The first kappa shape index (κ1) is 24.1. The zero-order valence-electron chi connectivity index (χ0n) is 18.5. The van der Waals surface area contributed by atoms with Gasteiger partial charge in [-0.3, -0.25) is 4.79 Å². The standard InChI is InChI=1S/C23H23F3N4O3S/c1-13-9-15(11-16(10-13)29-21-27-8-5-18(30-21)23(24,25)26)17-12-28-20(34-17)22(33-2)6-3-14(4-7-22)19(31)32/h5,8-12,14H,3-4,6-7H2,1-2H3,(H,31,32)(H,27,29,30). The number of ether oxygens (including phenoxy) is 1. The Morgan fingerprint density at radius 1 is 1.24 bits per heavy atom. The van der Waals surface area contributed by atoms with Crippen molar-refractivity contribution in [3.05, 3.63) is 52.9 Å². The molecule has 1 aliphatic rings. The molecule has 1 aliphatic carbocycles. The highest BCUT2D eigenvalue weighted by atomic mass is 32.1. The lowest BCUT2D eigenvalue weighted by Gasteiger charge is -2.36. The van der Waals surface area contributed by atoms with Crippen molar-refractivity contribution in [2.75, 3.05) is 12.4 Å². The van der Waals surface area contributed by atoms with Crippen molar-refractivity contribution in [3.8, 4) is 10.4 Å². The maximum Gasteiger partial charge on any atom is 0.433 e. The van der Waals surface area contributed by atoms with Crippen LogP contribution in [0.5, 0.6) is 0 Å². The number of benzene rings is 1. The molecule has 1 saturated carbocycles. The third-order valence-electron chi connectivity index (χ3n) is 5.99. The zero-order valence-corrected chi connectivity index (χ0v) is 19.3. The first-order chi connectivity index (χ1) is 16.1. The summed E-state index contributed by atoms with van der Waals surface area (Å²) in [6.45, 7) is 1.88. The SMILES string of the molecule is COC1(c2ncc(-c3cc(C)cc(Nc4nccc(C(F)(F)F)n4)c3)s2)CCC(C(=O)O)CC1. The van der Waals surface area contributed by atoms with E-state index in [0.717, 1.165) is 33.3 Å². The van der Waals surface area contributed by atoms with E-state index in [1.165, 1.54) is 11.3 Å². The van der Waals surface area contributed by atoms with Gasteiger partial charge in [0, 0.05) is 25.2 Å². The highest BCUT2D eigenvalue weighted by Gasteiger charge is 2.41. The molecule has 2 N–H and O–H groups in total.